The van der Waals surface area contributed by atoms with Gasteiger partial charge in [0, 0.05) is 43.8 Å². The lowest BCUT2D eigenvalue weighted by molar-refractivity contribution is 0.102. The van der Waals surface area contributed by atoms with Crippen LogP contribution in [0.15, 0.2) is 41.6 Å². The number of thioether (sulfide) groups is 1. The minimum absolute atomic E-state index is 0.0260. The van der Waals surface area contributed by atoms with Crippen molar-refractivity contribution in [3.05, 3.63) is 47.7 Å². The maximum absolute atomic E-state index is 12.7. The second-order valence-electron chi connectivity index (χ2n) is 6.61. The second kappa shape index (κ2) is 9.34. The van der Waals surface area contributed by atoms with Crippen LogP contribution in [-0.4, -0.2) is 54.3 Å². The van der Waals surface area contributed by atoms with Crippen LogP contribution in [0.3, 0.4) is 0 Å². The third-order valence-electron chi connectivity index (χ3n) is 4.86. The predicted octanol–water partition coefficient (Wildman–Crippen LogP) is 4.10. The average molecular weight is 407 g/mol. The Morgan fingerprint density at radius 1 is 1.25 bits per heavy atom. The quantitative estimate of drug-likeness (QED) is 0.732. The van der Waals surface area contributed by atoms with Crippen molar-refractivity contribution in [1.29, 1.82) is 0 Å². The molecule has 1 aromatic heterocycles. The van der Waals surface area contributed by atoms with E-state index < -0.39 is 11.7 Å². The smallest absolute Gasteiger partial charge is 0.290 e. The number of anilines is 2. The molecule has 0 saturated carbocycles. The van der Waals surface area contributed by atoms with Crippen molar-refractivity contribution in [3.63, 3.8) is 0 Å². The lowest BCUT2D eigenvalue weighted by Crippen LogP contribution is -2.46. The van der Waals surface area contributed by atoms with Gasteiger partial charge in [0.05, 0.1) is 5.56 Å². The molecule has 2 aromatic rings. The topological polar surface area (TPSA) is 48.5 Å². The molecule has 1 N–H and O–H groups in total. The highest BCUT2D eigenvalue weighted by Gasteiger charge is 2.19. The van der Waals surface area contributed by atoms with Crippen molar-refractivity contribution < 1.29 is 13.6 Å². The second-order valence-corrected chi connectivity index (χ2v) is 7.59. The normalized spacial score (nSPS) is 15.1. The molecule has 1 aromatic carbocycles. The molecule has 0 radical (unpaired) electrons. The maximum Gasteiger partial charge on any atom is 0.290 e. The summed E-state index contributed by atoms with van der Waals surface area (Å²) in [5.74, 6) is -3.07. The minimum Gasteiger partial charge on any atom is -0.369 e. The van der Waals surface area contributed by atoms with E-state index in [-0.39, 0.29) is 22.4 Å². The van der Waals surface area contributed by atoms with Crippen LogP contribution >= 0.6 is 11.8 Å². The zero-order valence-corrected chi connectivity index (χ0v) is 16.8. The first-order valence-corrected chi connectivity index (χ1v) is 10.1. The number of piperazine rings is 1. The molecule has 0 unspecified atom stereocenters. The van der Waals surface area contributed by atoms with E-state index in [2.05, 4.69) is 33.1 Å². The van der Waals surface area contributed by atoms with Crippen LogP contribution in [0, 0.1) is 6.92 Å². The largest absolute Gasteiger partial charge is 0.369 e. The Labute approximate surface area is 168 Å². The summed E-state index contributed by atoms with van der Waals surface area (Å²) in [4.78, 5) is 21.3. The number of halogens is 2. The van der Waals surface area contributed by atoms with Gasteiger partial charge < -0.3 is 15.1 Å². The van der Waals surface area contributed by atoms with Gasteiger partial charge in [0.25, 0.3) is 11.7 Å². The van der Waals surface area contributed by atoms with Crippen molar-refractivity contribution in [2.45, 2.75) is 24.6 Å². The highest BCUT2D eigenvalue weighted by molar-refractivity contribution is 7.99. The molecule has 2 heterocycles. The molecule has 28 heavy (non-hydrogen) atoms. The number of amides is 1. The fraction of sp³-hybridized carbons (Fsp3) is 0.400. The van der Waals surface area contributed by atoms with Crippen molar-refractivity contribution in [2.24, 2.45) is 0 Å². The number of carbonyl (C=O) groups is 1. The standard InChI is InChI=1S/C20H24F2N4OS/c1-3-25-9-11-26(12-10-25)15-6-7-17(14(2)13-15)24-18(27)16-5-4-8-23-19(16)28-20(21)22/h4-8,13,20H,3,9-12H2,1-2H3,(H,24,27). The number of likely N-dealkylation sites (N-methyl/N-ethyl adjacent to an activating group) is 1. The number of pyridine rings is 1. The molecule has 1 amide bonds. The number of hydrogen-bond acceptors (Lipinski definition) is 5. The minimum atomic E-state index is -2.63. The molecule has 1 saturated heterocycles. The molecule has 0 aliphatic carbocycles. The van der Waals surface area contributed by atoms with Crippen LogP contribution in [-0.2, 0) is 0 Å². The van der Waals surface area contributed by atoms with E-state index in [0.29, 0.717) is 5.69 Å². The molecule has 0 atom stereocenters. The number of alkyl halides is 2. The van der Waals surface area contributed by atoms with E-state index in [4.69, 9.17) is 0 Å². The first kappa shape index (κ1) is 20.5. The summed E-state index contributed by atoms with van der Waals surface area (Å²) in [6.07, 6.45) is 1.40. The van der Waals surface area contributed by atoms with E-state index >= 15 is 0 Å². The number of aryl methyl sites for hydroxylation is 1. The molecule has 0 bridgehead atoms. The van der Waals surface area contributed by atoms with Gasteiger partial charge in [-0.2, -0.15) is 8.78 Å². The highest BCUT2D eigenvalue weighted by Crippen LogP contribution is 2.28. The molecular weight excluding hydrogens is 382 g/mol. The van der Waals surface area contributed by atoms with Crippen molar-refractivity contribution in [2.75, 3.05) is 42.9 Å². The molecule has 8 heteroatoms. The van der Waals surface area contributed by atoms with Crippen LogP contribution in [0.2, 0.25) is 0 Å². The van der Waals surface area contributed by atoms with E-state index in [9.17, 15) is 13.6 Å². The van der Waals surface area contributed by atoms with Crippen molar-refractivity contribution in [3.8, 4) is 0 Å². The highest BCUT2D eigenvalue weighted by atomic mass is 32.2. The average Bonchev–Trinajstić information content (AvgIpc) is 2.69. The summed E-state index contributed by atoms with van der Waals surface area (Å²) in [5, 5.41) is 2.85. The number of carbonyl (C=O) groups excluding carboxylic acids is 1. The van der Waals surface area contributed by atoms with Crippen LogP contribution < -0.4 is 10.2 Å². The Morgan fingerprint density at radius 2 is 2.00 bits per heavy atom. The third kappa shape index (κ3) is 4.99. The van der Waals surface area contributed by atoms with Gasteiger partial charge in [0.15, 0.2) is 0 Å². The summed E-state index contributed by atoms with van der Waals surface area (Å²) in [7, 11) is 0. The van der Waals surface area contributed by atoms with Gasteiger partial charge in [-0.05, 0) is 61.1 Å². The maximum atomic E-state index is 12.7. The van der Waals surface area contributed by atoms with Crippen LogP contribution in [0.1, 0.15) is 22.8 Å². The Balaban J connectivity index is 1.71. The first-order chi connectivity index (χ1) is 13.5. The number of hydrogen-bond donors (Lipinski definition) is 1. The summed E-state index contributed by atoms with van der Waals surface area (Å²) in [5.41, 5.74) is 2.86. The van der Waals surface area contributed by atoms with Crippen LogP contribution in [0.5, 0.6) is 0 Å². The molecular formula is C20H24F2N4OS. The third-order valence-corrected chi connectivity index (χ3v) is 5.59. The van der Waals surface area contributed by atoms with Crippen molar-refractivity contribution in [1.82, 2.24) is 9.88 Å². The number of aromatic nitrogens is 1. The predicted molar refractivity (Wildman–Crippen MR) is 110 cm³/mol. The molecule has 3 rings (SSSR count). The molecule has 1 aliphatic rings. The Kier molecular flexibility index (Phi) is 6.85. The molecule has 1 aliphatic heterocycles. The van der Waals surface area contributed by atoms with Gasteiger partial charge in [-0.25, -0.2) is 4.98 Å². The first-order valence-electron chi connectivity index (χ1n) is 9.27. The molecule has 1 fully saturated rings. The monoisotopic (exact) mass is 406 g/mol. The van der Waals surface area contributed by atoms with Gasteiger partial charge in [0.2, 0.25) is 0 Å². The van der Waals surface area contributed by atoms with E-state index in [0.717, 1.165) is 44.0 Å². The molecule has 0 spiro atoms. The summed E-state index contributed by atoms with van der Waals surface area (Å²) in [6, 6.07) is 8.98. The zero-order valence-electron chi connectivity index (χ0n) is 16.0. The molecule has 5 nitrogen and oxygen atoms in total. The van der Waals surface area contributed by atoms with Crippen LogP contribution in [0.25, 0.3) is 0 Å². The Morgan fingerprint density at radius 3 is 2.64 bits per heavy atom. The number of nitrogens with one attached hydrogen (secondary N) is 1. The zero-order chi connectivity index (χ0) is 20.1. The van der Waals surface area contributed by atoms with Gasteiger partial charge in [0.1, 0.15) is 5.03 Å². The van der Waals surface area contributed by atoms with E-state index in [1.54, 1.807) is 6.07 Å². The Hall–Kier alpha value is -2.19. The van der Waals surface area contributed by atoms with E-state index in [1.165, 1.54) is 12.3 Å². The van der Waals surface area contributed by atoms with Gasteiger partial charge in [-0.3, -0.25) is 4.79 Å². The summed E-state index contributed by atoms with van der Waals surface area (Å²) < 4.78 is 25.4. The van der Waals surface area contributed by atoms with Gasteiger partial charge >= 0.3 is 0 Å². The number of nitrogens with zero attached hydrogens (tertiary/aromatic N) is 3. The summed E-state index contributed by atoms with van der Waals surface area (Å²) >= 11 is 0.275. The Bertz CT molecular complexity index is 826. The SMILES string of the molecule is CCN1CCN(c2ccc(NC(=O)c3cccnc3SC(F)F)c(C)c2)CC1. The van der Waals surface area contributed by atoms with Crippen molar-refractivity contribution >= 4 is 29.0 Å². The summed E-state index contributed by atoms with van der Waals surface area (Å²) in [6.45, 7) is 9.20. The lowest BCUT2D eigenvalue weighted by Gasteiger charge is -2.35. The lowest BCUT2D eigenvalue weighted by atomic mass is 10.1. The number of benzene rings is 1. The number of rotatable bonds is 6. The fourth-order valence-electron chi connectivity index (χ4n) is 3.24. The van der Waals surface area contributed by atoms with Gasteiger partial charge in [-0.1, -0.05) is 6.92 Å². The molecule has 150 valence electrons. The van der Waals surface area contributed by atoms with Gasteiger partial charge in [-0.15, -0.1) is 0 Å². The fourth-order valence-corrected chi connectivity index (χ4v) is 3.82. The van der Waals surface area contributed by atoms with Crippen LogP contribution in [0.4, 0.5) is 20.2 Å². The van der Waals surface area contributed by atoms with E-state index in [1.807, 2.05) is 19.1 Å².